The van der Waals surface area contributed by atoms with Gasteiger partial charge in [0.25, 0.3) is 5.91 Å². The van der Waals surface area contributed by atoms with Gasteiger partial charge in [-0.1, -0.05) is 0 Å². The van der Waals surface area contributed by atoms with Crippen LogP contribution in [0.5, 0.6) is 5.75 Å². The summed E-state index contributed by atoms with van der Waals surface area (Å²) in [4.78, 5) is 23.5. The summed E-state index contributed by atoms with van der Waals surface area (Å²) in [6.45, 7) is 7.34. The molecule has 0 radical (unpaired) electrons. The molecule has 0 saturated heterocycles. The summed E-state index contributed by atoms with van der Waals surface area (Å²) in [5, 5.41) is 4.21. The van der Waals surface area contributed by atoms with Gasteiger partial charge in [-0.2, -0.15) is 0 Å². The summed E-state index contributed by atoms with van der Waals surface area (Å²) in [5.41, 5.74) is 2.14. The van der Waals surface area contributed by atoms with Crippen LogP contribution in [0.25, 0.3) is 21.9 Å². The van der Waals surface area contributed by atoms with Crippen LogP contribution in [0.4, 0.5) is 0 Å². The van der Waals surface area contributed by atoms with Crippen molar-refractivity contribution in [2.45, 2.75) is 33.7 Å². The van der Waals surface area contributed by atoms with Gasteiger partial charge in [0.15, 0.2) is 17.9 Å². The molecule has 0 bridgehead atoms. The number of nitrogens with one attached hydrogen (secondary N) is 1. The average molecular weight is 329 g/mol. The second kappa shape index (κ2) is 6.03. The molecule has 24 heavy (non-hydrogen) atoms. The second-order valence-electron chi connectivity index (χ2n) is 6.13. The van der Waals surface area contributed by atoms with E-state index in [9.17, 15) is 9.59 Å². The van der Waals surface area contributed by atoms with Gasteiger partial charge in [0.05, 0.1) is 11.6 Å². The zero-order chi connectivity index (χ0) is 17.4. The molecule has 1 aromatic carbocycles. The number of hydrogen-bond donors (Lipinski definition) is 1. The van der Waals surface area contributed by atoms with Gasteiger partial charge in [-0.3, -0.25) is 4.79 Å². The van der Waals surface area contributed by atoms with Gasteiger partial charge in [-0.15, -0.1) is 0 Å². The van der Waals surface area contributed by atoms with E-state index in [2.05, 4.69) is 5.32 Å². The van der Waals surface area contributed by atoms with Gasteiger partial charge in [-0.25, -0.2) is 4.79 Å². The molecule has 126 valence electrons. The van der Waals surface area contributed by atoms with Crippen LogP contribution in [-0.2, 0) is 4.79 Å². The lowest BCUT2D eigenvalue weighted by molar-refractivity contribution is -0.123. The summed E-state index contributed by atoms with van der Waals surface area (Å²) in [6.07, 6.45) is 1.58. The number of fused-ring (bicyclic) bond motifs is 3. The minimum absolute atomic E-state index is 0.0418. The van der Waals surface area contributed by atoms with Crippen molar-refractivity contribution in [2.24, 2.45) is 0 Å². The third-order valence-corrected chi connectivity index (χ3v) is 3.72. The van der Waals surface area contributed by atoms with Gasteiger partial charge in [0.1, 0.15) is 5.58 Å². The summed E-state index contributed by atoms with van der Waals surface area (Å²) in [6, 6.07) is 3.21. The number of benzene rings is 1. The van der Waals surface area contributed by atoms with E-state index in [1.54, 1.807) is 12.3 Å². The van der Waals surface area contributed by atoms with Crippen molar-refractivity contribution in [1.29, 1.82) is 0 Å². The molecule has 3 aromatic rings. The third kappa shape index (κ3) is 2.87. The SMILES string of the molecule is Cc1cc(=O)oc2c1cc(OCC(=O)NC(C)C)c1occ(C)c12. The van der Waals surface area contributed by atoms with Crippen molar-refractivity contribution < 1.29 is 18.4 Å². The van der Waals surface area contributed by atoms with Gasteiger partial charge in [0, 0.05) is 17.5 Å². The predicted molar refractivity (Wildman–Crippen MR) is 90.5 cm³/mol. The number of hydrogen-bond acceptors (Lipinski definition) is 5. The maximum absolute atomic E-state index is 11.8. The van der Waals surface area contributed by atoms with Crippen molar-refractivity contribution in [2.75, 3.05) is 6.61 Å². The van der Waals surface area contributed by atoms with Crippen LogP contribution >= 0.6 is 0 Å². The molecule has 0 aliphatic heterocycles. The molecule has 1 amide bonds. The second-order valence-corrected chi connectivity index (χ2v) is 6.13. The Bertz CT molecular complexity index is 980. The minimum atomic E-state index is -0.410. The smallest absolute Gasteiger partial charge is 0.336 e. The average Bonchev–Trinajstić information content (AvgIpc) is 2.87. The van der Waals surface area contributed by atoms with Gasteiger partial charge < -0.3 is 18.9 Å². The first-order chi connectivity index (χ1) is 11.4. The topological polar surface area (TPSA) is 81.7 Å². The number of furan rings is 1. The first kappa shape index (κ1) is 16.1. The molecule has 0 aliphatic carbocycles. The Kier molecular flexibility index (Phi) is 4.05. The number of aryl methyl sites for hydroxylation is 2. The summed E-state index contributed by atoms with van der Waals surface area (Å²) >= 11 is 0. The third-order valence-electron chi connectivity index (χ3n) is 3.72. The highest BCUT2D eigenvalue weighted by Crippen LogP contribution is 2.37. The lowest BCUT2D eigenvalue weighted by Crippen LogP contribution is -2.34. The van der Waals surface area contributed by atoms with Crippen LogP contribution in [0.1, 0.15) is 25.0 Å². The van der Waals surface area contributed by atoms with Crippen LogP contribution in [0.3, 0.4) is 0 Å². The molecule has 6 heteroatoms. The van der Waals surface area contributed by atoms with Crippen molar-refractivity contribution >= 4 is 27.8 Å². The monoisotopic (exact) mass is 329 g/mol. The highest BCUT2D eigenvalue weighted by molar-refractivity contribution is 6.07. The van der Waals surface area contributed by atoms with E-state index in [1.807, 2.05) is 27.7 Å². The van der Waals surface area contributed by atoms with Crippen LogP contribution in [0, 0.1) is 13.8 Å². The van der Waals surface area contributed by atoms with Crippen LogP contribution in [0.2, 0.25) is 0 Å². The molecular weight excluding hydrogens is 310 g/mol. The van der Waals surface area contributed by atoms with Crippen LogP contribution < -0.4 is 15.7 Å². The molecule has 0 saturated carbocycles. The van der Waals surface area contributed by atoms with E-state index in [1.165, 1.54) is 6.07 Å². The zero-order valence-corrected chi connectivity index (χ0v) is 14.1. The van der Waals surface area contributed by atoms with Gasteiger partial charge in [-0.05, 0) is 44.9 Å². The molecule has 2 aromatic heterocycles. The standard InChI is InChI=1S/C18H19NO5/c1-9(2)19-14(20)8-22-13-6-12-10(3)5-15(21)24-17(12)16-11(4)7-23-18(13)16/h5-7,9H,8H2,1-4H3,(H,19,20). The van der Waals surface area contributed by atoms with Gasteiger partial charge >= 0.3 is 5.63 Å². The highest BCUT2D eigenvalue weighted by atomic mass is 16.5. The Balaban J connectivity index is 2.11. The number of amides is 1. The van der Waals surface area contributed by atoms with E-state index in [0.29, 0.717) is 22.3 Å². The molecule has 0 spiro atoms. The van der Waals surface area contributed by atoms with Crippen molar-refractivity contribution in [3.8, 4) is 5.75 Å². The maximum Gasteiger partial charge on any atom is 0.336 e. The molecule has 0 fully saturated rings. The Morgan fingerprint density at radius 3 is 2.67 bits per heavy atom. The number of rotatable bonds is 4. The largest absolute Gasteiger partial charge is 0.480 e. The van der Waals surface area contributed by atoms with E-state index >= 15 is 0 Å². The van der Waals surface area contributed by atoms with E-state index < -0.39 is 5.63 Å². The molecule has 2 heterocycles. The first-order valence-electron chi connectivity index (χ1n) is 7.74. The first-order valence-corrected chi connectivity index (χ1v) is 7.74. The van der Waals surface area contributed by atoms with E-state index in [4.69, 9.17) is 13.6 Å². The fourth-order valence-corrected chi connectivity index (χ4v) is 2.70. The van der Waals surface area contributed by atoms with Crippen LogP contribution in [-0.4, -0.2) is 18.6 Å². The predicted octanol–water partition coefficient (Wildman–Crippen LogP) is 3.06. The lowest BCUT2D eigenvalue weighted by Gasteiger charge is -2.11. The van der Waals surface area contributed by atoms with E-state index in [-0.39, 0.29) is 18.6 Å². The summed E-state index contributed by atoms with van der Waals surface area (Å²) < 4.78 is 16.6. The zero-order valence-electron chi connectivity index (χ0n) is 14.1. The highest BCUT2D eigenvalue weighted by Gasteiger charge is 2.18. The van der Waals surface area contributed by atoms with Crippen molar-refractivity contribution in [1.82, 2.24) is 5.32 Å². The fourth-order valence-electron chi connectivity index (χ4n) is 2.70. The quantitative estimate of drug-likeness (QED) is 0.744. The maximum atomic E-state index is 11.8. The summed E-state index contributed by atoms with van der Waals surface area (Å²) in [7, 11) is 0. The van der Waals surface area contributed by atoms with Gasteiger partial charge in [0.2, 0.25) is 0 Å². The Labute approximate surface area is 138 Å². The minimum Gasteiger partial charge on any atom is -0.480 e. The Morgan fingerprint density at radius 2 is 1.96 bits per heavy atom. The lowest BCUT2D eigenvalue weighted by atomic mass is 10.1. The van der Waals surface area contributed by atoms with E-state index in [0.717, 1.165) is 16.5 Å². The number of carbonyl (C=O) groups is 1. The molecule has 6 nitrogen and oxygen atoms in total. The Morgan fingerprint density at radius 1 is 1.21 bits per heavy atom. The molecule has 0 aliphatic rings. The molecule has 1 N–H and O–H groups in total. The molecule has 0 unspecified atom stereocenters. The van der Waals surface area contributed by atoms with Crippen LogP contribution in [0.15, 0.2) is 32.0 Å². The van der Waals surface area contributed by atoms with Crippen molar-refractivity contribution in [3.05, 3.63) is 39.9 Å². The number of carbonyl (C=O) groups excluding carboxylic acids is 1. The number of ether oxygens (including phenoxy) is 1. The molecule has 0 atom stereocenters. The molecule has 3 rings (SSSR count). The molecular formula is C18H19NO5. The normalized spacial score (nSPS) is 11.4. The Hall–Kier alpha value is -2.76. The summed E-state index contributed by atoms with van der Waals surface area (Å²) in [5.74, 6) is 0.235. The van der Waals surface area contributed by atoms with Crippen molar-refractivity contribution in [3.63, 3.8) is 0 Å². The fraction of sp³-hybridized carbons (Fsp3) is 0.333.